The normalized spacial score (nSPS) is 11.9. The fraction of sp³-hybridized carbons (Fsp3) is 0.389. The number of amides is 1. The lowest BCUT2D eigenvalue weighted by Gasteiger charge is -2.31. The SMILES string of the molecule is CC(C)N(C(=O)Cc1cscc1NS(=O)(=O)c1c(Cl)cc(Cl)cc1Cl)C(C)C. The lowest BCUT2D eigenvalue weighted by molar-refractivity contribution is -0.134. The second-order valence-electron chi connectivity index (χ2n) is 6.78. The summed E-state index contributed by atoms with van der Waals surface area (Å²) in [6, 6.07) is 2.70. The van der Waals surface area contributed by atoms with Crippen molar-refractivity contribution in [2.45, 2.75) is 51.1 Å². The molecular formula is C18H21Cl3N2O3S2. The van der Waals surface area contributed by atoms with Gasteiger partial charge in [-0.15, -0.1) is 11.3 Å². The molecule has 1 heterocycles. The Morgan fingerprint density at radius 2 is 1.61 bits per heavy atom. The summed E-state index contributed by atoms with van der Waals surface area (Å²) in [7, 11) is -4.06. The molecule has 28 heavy (non-hydrogen) atoms. The average molecular weight is 484 g/mol. The standard InChI is InChI=1S/C18H21Cl3N2O3S2/c1-10(2)23(11(3)4)17(24)5-12-8-27-9-16(12)22-28(25,26)18-14(20)6-13(19)7-15(18)21/h6-11,22H,5H2,1-4H3. The minimum Gasteiger partial charge on any atom is -0.338 e. The van der Waals surface area contributed by atoms with E-state index in [9.17, 15) is 13.2 Å². The Bertz CT molecular complexity index is 941. The van der Waals surface area contributed by atoms with Gasteiger partial charge < -0.3 is 4.90 Å². The molecule has 0 aliphatic rings. The summed E-state index contributed by atoms with van der Waals surface area (Å²) in [5, 5.41) is 3.46. The second-order valence-corrected chi connectivity index (χ2v) is 10.4. The van der Waals surface area contributed by atoms with E-state index < -0.39 is 10.0 Å². The summed E-state index contributed by atoms with van der Waals surface area (Å²) < 4.78 is 28.1. The van der Waals surface area contributed by atoms with Crippen LogP contribution < -0.4 is 4.72 Å². The molecule has 10 heteroatoms. The summed E-state index contributed by atoms with van der Waals surface area (Å²) in [4.78, 5) is 14.2. The zero-order chi connectivity index (χ0) is 21.2. The number of sulfonamides is 1. The van der Waals surface area contributed by atoms with Gasteiger partial charge in [-0.05, 0) is 50.8 Å². The molecule has 5 nitrogen and oxygen atoms in total. The van der Waals surface area contributed by atoms with Crippen LogP contribution in [0.2, 0.25) is 15.1 Å². The lowest BCUT2D eigenvalue weighted by atomic mass is 10.1. The number of nitrogens with one attached hydrogen (secondary N) is 1. The number of halogens is 3. The Balaban J connectivity index is 2.31. The van der Waals surface area contributed by atoms with Gasteiger partial charge in [0, 0.05) is 22.5 Å². The van der Waals surface area contributed by atoms with Crippen molar-refractivity contribution in [1.82, 2.24) is 4.90 Å². The summed E-state index contributed by atoms with van der Waals surface area (Å²) in [5.41, 5.74) is 0.916. The van der Waals surface area contributed by atoms with E-state index in [0.717, 1.165) is 0 Å². The third-order valence-corrected chi connectivity index (χ3v) is 7.26. The molecule has 2 aromatic rings. The molecule has 0 atom stereocenters. The molecule has 0 spiro atoms. The topological polar surface area (TPSA) is 66.5 Å². The van der Waals surface area contributed by atoms with Crippen molar-refractivity contribution >= 4 is 67.8 Å². The molecular weight excluding hydrogens is 463 g/mol. The van der Waals surface area contributed by atoms with E-state index in [2.05, 4.69) is 4.72 Å². The number of nitrogens with zero attached hydrogens (tertiary/aromatic N) is 1. The molecule has 0 bridgehead atoms. The average Bonchev–Trinajstić information content (AvgIpc) is 2.90. The van der Waals surface area contributed by atoms with Crippen LogP contribution in [-0.2, 0) is 21.2 Å². The molecule has 2 rings (SSSR count). The molecule has 1 aromatic carbocycles. The molecule has 1 aromatic heterocycles. The van der Waals surface area contributed by atoms with E-state index in [1.165, 1.54) is 23.5 Å². The van der Waals surface area contributed by atoms with Crippen LogP contribution in [0.1, 0.15) is 33.3 Å². The van der Waals surface area contributed by atoms with Gasteiger partial charge in [-0.3, -0.25) is 9.52 Å². The van der Waals surface area contributed by atoms with Gasteiger partial charge in [-0.2, -0.15) is 0 Å². The first-order valence-electron chi connectivity index (χ1n) is 8.47. The van der Waals surface area contributed by atoms with E-state index in [4.69, 9.17) is 34.8 Å². The van der Waals surface area contributed by atoms with E-state index in [0.29, 0.717) is 11.3 Å². The van der Waals surface area contributed by atoms with E-state index in [1.807, 2.05) is 27.7 Å². The van der Waals surface area contributed by atoms with Crippen LogP contribution in [0.25, 0.3) is 0 Å². The van der Waals surface area contributed by atoms with Gasteiger partial charge in [0.25, 0.3) is 10.0 Å². The molecule has 0 saturated carbocycles. The smallest absolute Gasteiger partial charge is 0.264 e. The number of hydrogen-bond donors (Lipinski definition) is 1. The van der Waals surface area contributed by atoms with Crippen molar-refractivity contribution in [2.75, 3.05) is 4.72 Å². The van der Waals surface area contributed by atoms with Crippen LogP contribution in [0.3, 0.4) is 0 Å². The first-order chi connectivity index (χ1) is 12.9. The van der Waals surface area contributed by atoms with E-state index in [1.54, 1.807) is 15.7 Å². The highest BCUT2D eigenvalue weighted by atomic mass is 35.5. The Hall–Kier alpha value is -0.990. The maximum atomic E-state index is 12.8. The first-order valence-corrected chi connectivity index (χ1v) is 12.0. The van der Waals surface area contributed by atoms with Crippen LogP contribution in [0.4, 0.5) is 5.69 Å². The Labute approximate surface area is 184 Å². The minimum atomic E-state index is -4.06. The highest BCUT2D eigenvalue weighted by Crippen LogP contribution is 2.35. The maximum absolute atomic E-state index is 12.8. The summed E-state index contributed by atoms with van der Waals surface area (Å²) in [6.45, 7) is 7.78. The number of rotatable bonds is 7. The summed E-state index contributed by atoms with van der Waals surface area (Å²) in [5.74, 6) is -0.0774. The number of hydrogen-bond acceptors (Lipinski definition) is 4. The van der Waals surface area contributed by atoms with Crippen LogP contribution in [0.5, 0.6) is 0 Å². The fourth-order valence-electron chi connectivity index (χ4n) is 2.96. The van der Waals surface area contributed by atoms with Crippen LogP contribution >= 0.6 is 46.1 Å². The fourth-order valence-corrected chi connectivity index (χ4v) is 6.46. The van der Waals surface area contributed by atoms with Crippen LogP contribution in [0, 0.1) is 0 Å². The third-order valence-electron chi connectivity index (χ3n) is 3.96. The Morgan fingerprint density at radius 3 is 2.11 bits per heavy atom. The monoisotopic (exact) mass is 482 g/mol. The molecule has 0 fully saturated rings. The largest absolute Gasteiger partial charge is 0.338 e. The molecule has 0 aliphatic heterocycles. The number of thiophene rings is 1. The Morgan fingerprint density at radius 1 is 1.07 bits per heavy atom. The molecule has 1 N–H and O–H groups in total. The molecule has 154 valence electrons. The number of carbonyl (C=O) groups excluding carboxylic acids is 1. The van der Waals surface area contributed by atoms with Crippen LogP contribution in [0.15, 0.2) is 27.8 Å². The maximum Gasteiger partial charge on any atom is 0.264 e. The van der Waals surface area contributed by atoms with Gasteiger partial charge >= 0.3 is 0 Å². The van der Waals surface area contributed by atoms with E-state index >= 15 is 0 Å². The molecule has 0 saturated heterocycles. The van der Waals surface area contributed by atoms with Crippen molar-refractivity contribution in [3.8, 4) is 0 Å². The van der Waals surface area contributed by atoms with Gasteiger partial charge in [-0.1, -0.05) is 34.8 Å². The molecule has 0 aliphatic carbocycles. The van der Waals surface area contributed by atoms with E-state index in [-0.39, 0.29) is 44.4 Å². The molecule has 0 radical (unpaired) electrons. The summed E-state index contributed by atoms with van der Waals surface area (Å²) >= 11 is 19.2. The van der Waals surface area contributed by atoms with Crippen LogP contribution in [-0.4, -0.2) is 31.3 Å². The van der Waals surface area contributed by atoms with Crippen molar-refractivity contribution in [3.05, 3.63) is 43.5 Å². The molecule has 0 unspecified atom stereocenters. The minimum absolute atomic E-state index is 0.0398. The lowest BCUT2D eigenvalue weighted by Crippen LogP contribution is -2.42. The van der Waals surface area contributed by atoms with Gasteiger partial charge in [0.15, 0.2) is 0 Å². The van der Waals surface area contributed by atoms with Gasteiger partial charge in [0.2, 0.25) is 5.91 Å². The van der Waals surface area contributed by atoms with Crippen molar-refractivity contribution < 1.29 is 13.2 Å². The molecule has 1 amide bonds. The van der Waals surface area contributed by atoms with Gasteiger partial charge in [0.05, 0.1) is 22.2 Å². The third kappa shape index (κ3) is 5.33. The highest BCUT2D eigenvalue weighted by Gasteiger charge is 2.26. The van der Waals surface area contributed by atoms with Crippen molar-refractivity contribution in [1.29, 1.82) is 0 Å². The predicted octanol–water partition coefficient (Wildman–Crippen LogP) is 5.70. The quantitative estimate of drug-likeness (QED) is 0.549. The number of benzene rings is 1. The number of carbonyl (C=O) groups is 1. The number of anilines is 1. The zero-order valence-corrected chi connectivity index (χ0v) is 19.7. The zero-order valence-electron chi connectivity index (χ0n) is 15.8. The summed E-state index contributed by atoms with van der Waals surface area (Å²) in [6.07, 6.45) is 0.0831. The van der Waals surface area contributed by atoms with Gasteiger partial charge in [-0.25, -0.2) is 8.42 Å². The van der Waals surface area contributed by atoms with Crippen molar-refractivity contribution in [3.63, 3.8) is 0 Å². The van der Waals surface area contributed by atoms with Crippen molar-refractivity contribution in [2.24, 2.45) is 0 Å². The first kappa shape index (κ1) is 23.3. The highest BCUT2D eigenvalue weighted by molar-refractivity contribution is 7.93. The predicted molar refractivity (Wildman–Crippen MR) is 117 cm³/mol. The second kappa shape index (κ2) is 9.22. The Kier molecular flexibility index (Phi) is 7.67. The van der Waals surface area contributed by atoms with Gasteiger partial charge in [0.1, 0.15) is 4.90 Å².